The largest absolute Gasteiger partial charge is 0.503 e. The summed E-state index contributed by atoms with van der Waals surface area (Å²) in [6.45, 7) is 2.33. The normalized spacial score (nSPS) is 16.0. The van der Waals surface area contributed by atoms with Gasteiger partial charge in [-0.15, -0.1) is 0 Å². The summed E-state index contributed by atoms with van der Waals surface area (Å²) in [5.74, 6) is -1.24. The average molecular weight is 440 g/mol. The van der Waals surface area contributed by atoms with E-state index in [0.717, 1.165) is 5.39 Å². The molecule has 5 rings (SSSR count). The lowest BCUT2D eigenvalue weighted by Crippen LogP contribution is -2.31. The monoisotopic (exact) mass is 440 g/mol. The van der Waals surface area contributed by atoms with Gasteiger partial charge in [-0.1, -0.05) is 30.3 Å². The Morgan fingerprint density at radius 1 is 1.12 bits per heavy atom. The van der Waals surface area contributed by atoms with Crippen LogP contribution >= 0.6 is 0 Å². The van der Waals surface area contributed by atoms with E-state index in [1.165, 1.54) is 4.90 Å². The van der Waals surface area contributed by atoms with Crippen molar-refractivity contribution >= 4 is 28.3 Å². The predicted octanol–water partition coefficient (Wildman–Crippen LogP) is 5.01. The minimum Gasteiger partial charge on any atom is -0.503 e. The number of aliphatic hydroxyl groups is 1. The van der Waals surface area contributed by atoms with Gasteiger partial charge in [-0.3, -0.25) is 19.5 Å². The third kappa shape index (κ3) is 3.53. The van der Waals surface area contributed by atoms with Crippen LogP contribution in [0.4, 0.5) is 5.69 Å². The molecule has 7 nitrogen and oxygen atoms in total. The highest BCUT2D eigenvalue weighted by Crippen LogP contribution is 2.42. The topological polar surface area (TPSA) is 92.9 Å². The molecule has 0 saturated carbocycles. The zero-order chi connectivity index (χ0) is 22.9. The van der Waals surface area contributed by atoms with E-state index in [1.54, 1.807) is 60.9 Å². The van der Waals surface area contributed by atoms with Crippen LogP contribution in [0.5, 0.6) is 5.75 Å². The number of hydrogen-bond acceptors (Lipinski definition) is 6. The van der Waals surface area contributed by atoms with Gasteiger partial charge < -0.3 is 14.3 Å². The van der Waals surface area contributed by atoms with Crippen molar-refractivity contribution in [2.75, 3.05) is 11.5 Å². The standard InChI is InChI=1S/C26H20N2O5/c1-2-32-19-10-5-9-18(14-19)28-23(17-8-6-12-27-15-17)22(25(30)26(28)31)24(29)21-13-16-7-3-4-11-20(16)33-21/h3-15,23,30H,2H2,1H3. The van der Waals surface area contributed by atoms with Crippen molar-refractivity contribution in [2.45, 2.75) is 13.0 Å². The summed E-state index contributed by atoms with van der Waals surface area (Å²) in [6.07, 6.45) is 3.17. The molecule has 4 aromatic rings. The number of amides is 1. The van der Waals surface area contributed by atoms with Crippen LogP contribution in [0.25, 0.3) is 11.0 Å². The molecule has 164 valence electrons. The van der Waals surface area contributed by atoms with Crippen molar-refractivity contribution in [1.82, 2.24) is 4.98 Å². The number of para-hydroxylation sites is 1. The van der Waals surface area contributed by atoms with Crippen molar-refractivity contribution in [3.63, 3.8) is 0 Å². The van der Waals surface area contributed by atoms with Gasteiger partial charge in [0, 0.05) is 29.5 Å². The van der Waals surface area contributed by atoms with E-state index in [-0.39, 0.29) is 11.3 Å². The Labute approximate surface area is 189 Å². The summed E-state index contributed by atoms with van der Waals surface area (Å²) in [7, 11) is 0. The van der Waals surface area contributed by atoms with Gasteiger partial charge in [0.05, 0.1) is 18.2 Å². The number of fused-ring (bicyclic) bond motifs is 1. The van der Waals surface area contributed by atoms with Gasteiger partial charge >= 0.3 is 0 Å². The Hall–Kier alpha value is -4.39. The van der Waals surface area contributed by atoms with Crippen LogP contribution < -0.4 is 9.64 Å². The maximum absolute atomic E-state index is 13.6. The van der Waals surface area contributed by atoms with Crippen LogP contribution in [0, 0.1) is 0 Å². The number of carbonyl (C=O) groups is 2. The maximum atomic E-state index is 13.6. The lowest BCUT2D eigenvalue weighted by Gasteiger charge is -2.26. The highest BCUT2D eigenvalue weighted by atomic mass is 16.5. The van der Waals surface area contributed by atoms with Crippen molar-refractivity contribution < 1.29 is 23.8 Å². The predicted molar refractivity (Wildman–Crippen MR) is 122 cm³/mol. The first-order valence-electron chi connectivity index (χ1n) is 10.5. The van der Waals surface area contributed by atoms with Crippen LogP contribution in [0.15, 0.2) is 94.9 Å². The first-order valence-corrected chi connectivity index (χ1v) is 10.5. The minimum absolute atomic E-state index is 0.0457. The Morgan fingerprint density at radius 3 is 2.73 bits per heavy atom. The number of nitrogens with zero attached hydrogens (tertiary/aromatic N) is 2. The molecule has 1 N–H and O–H groups in total. The number of ether oxygens (including phenoxy) is 1. The molecule has 0 fully saturated rings. The number of aromatic nitrogens is 1. The highest BCUT2D eigenvalue weighted by molar-refractivity contribution is 6.20. The molecule has 1 amide bonds. The zero-order valence-corrected chi connectivity index (χ0v) is 17.8. The lowest BCUT2D eigenvalue weighted by atomic mass is 9.96. The average Bonchev–Trinajstić information content (AvgIpc) is 3.39. The molecule has 7 heteroatoms. The van der Waals surface area contributed by atoms with Crippen LogP contribution in [-0.2, 0) is 4.79 Å². The first kappa shape index (κ1) is 20.5. The molecule has 0 radical (unpaired) electrons. The molecule has 1 aliphatic rings. The van der Waals surface area contributed by atoms with E-state index in [9.17, 15) is 14.7 Å². The summed E-state index contributed by atoms with van der Waals surface area (Å²) >= 11 is 0. The second-order valence-corrected chi connectivity index (χ2v) is 7.53. The fourth-order valence-corrected chi connectivity index (χ4v) is 4.07. The summed E-state index contributed by atoms with van der Waals surface area (Å²) < 4.78 is 11.3. The van der Waals surface area contributed by atoms with Crippen LogP contribution in [-0.4, -0.2) is 28.4 Å². The molecule has 0 spiro atoms. The molecule has 1 unspecified atom stereocenters. The molecule has 0 saturated heterocycles. The van der Waals surface area contributed by atoms with Crippen LogP contribution in [0.1, 0.15) is 29.1 Å². The molecular formula is C26H20N2O5. The van der Waals surface area contributed by atoms with E-state index in [1.807, 2.05) is 25.1 Å². The summed E-state index contributed by atoms with van der Waals surface area (Å²) in [5.41, 5.74) is 1.55. The Morgan fingerprint density at radius 2 is 1.97 bits per heavy atom. The number of carbonyl (C=O) groups excluding carboxylic acids is 2. The van der Waals surface area contributed by atoms with Gasteiger partial charge in [0.15, 0.2) is 11.5 Å². The Balaban J connectivity index is 1.64. The fourth-order valence-electron chi connectivity index (χ4n) is 4.07. The Bertz CT molecular complexity index is 1360. The van der Waals surface area contributed by atoms with Gasteiger partial charge in [-0.25, -0.2) is 0 Å². The number of benzene rings is 2. The summed E-state index contributed by atoms with van der Waals surface area (Å²) in [5, 5.41) is 11.6. The maximum Gasteiger partial charge on any atom is 0.294 e. The van der Waals surface area contributed by atoms with E-state index in [2.05, 4.69) is 4.98 Å². The smallest absolute Gasteiger partial charge is 0.294 e. The number of furan rings is 1. The quantitative estimate of drug-likeness (QED) is 0.424. The fraction of sp³-hybridized carbons (Fsp3) is 0.115. The van der Waals surface area contributed by atoms with Crippen molar-refractivity contribution in [3.05, 3.63) is 102 Å². The van der Waals surface area contributed by atoms with E-state index >= 15 is 0 Å². The third-order valence-corrected chi connectivity index (χ3v) is 5.51. The Kier molecular flexibility index (Phi) is 5.14. The zero-order valence-electron chi connectivity index (χ0n) is 17.8. The molecular weight excluding hydrogens is 420 g/mol. The number of Topliss-reactive ketones (excluding diaryl/α,β-unsaturated/α-hetero) is 1. The number of ketones is 1. The molecule has 0 aliphatic carbocycles. The summed E-state index contributed by atoms with van der Waals surface area (Å²) in [4.78, 5) is 32.4. The molecule has 1 aliphatic heterocycles. The van der Waals surface area contributed by atoms with Gasteiger partial charge in [-0.05, 0) is 42.8 Å². The molecule has 0 bridgehead atoms. The van der Waals surface area contributed by atoms with Crippen LogP contribution in [0.2, 0.25) is 0 Å². The van der Waals surface area contributed by atoms with E-state index < -0.39 is 23.5 Å². The second kappa shape index (κ2) is 8.27. The minimum atomic E-state index is -0.885. The van der Waals surface area contributed by atoms with Gasteiger partial charge in [0.1, 0.15) is 11.3 Å². The van der Waals surface area contributed by atoms with Gasteiger partial charge in [-0.2, -0.15) is 0 Å². The highest BCUT2D eigenvalue weighted by Gasteiger charge is 2.45. The number of pyridine rings is 1. The number of anilines is 1. The van der Waals surface area contributed by atoms with Crippen LogP contribution in [0.3, 0.4) is 0 Å². The first-order chi connectivity index (χ1) is 16.1. The van der Waals surface area contributed by atoms with Gasteiger partial charge in [0.25, 0.3) is 5.91 Å². The molecule has 2 aromatic carbocycles. The number of hydrogen-bond donors (Lipinski definition) is 1. The van der Waals surface area contributed by atoms with E-state index in [0.29, 0.717) is 29.2 Å². The molecule has 1 atom stereocenters. The second-order valence-electron chi connectivity index (χ2n) is 7.53. The molecule has 3 heterocycles. The third-order valence-electron chi connectivity index (χ3n) is 5.51. The SMILES string of the molecule is CCOc1cccc(N2C(=O)C(O)=C(C(=O)c3cc4ccccc4o3)C2c2cccnc2)c1. The molecule has 33 heavy (non-hydrogen) atoms. The number of aliphatic hydroxyl groups excluding tert-OH is 1. The summed E-state index contributed by atoms with van der Waals surface area (Å²) in [6, 6.07) is 18.4. The number of rotatable bonds is 6. The van der Waals surface area contributed by atoms with Gasteiger partial charge in [0.2, 0.25) is 5.78 Å². The van der Waals surface area contributed by atoms with E-state index in [4.69, 9.17) is 9.15 Å². The van der Waals surface area contributed by atoms with Crippen molar-refractivity contribution in [3.8, 4) is 5.75 Å². The van der Waals surface area contributed by atoms with Crippen molar-refractivity contribution in [1.29, 1.82) is 0 Å². The van der Waals surface area contributed by atoms with Crippen molar-refractivity contribution in [2.24, 2.45) is 0 Å². The molecule has 2 aromatic heterocycles. The lowest BCUT2D eigenvalue weighted by molar-refractivity contribution is -0.117.